The number of amides is 1. The largest absolute Gasteiger partial charge is 0.338 e. The molecule has 1 aliphatic rings. The first kappa shape index (κ1) is 21.1. The normalized spacial score (nSPS) is 14.5. The minimum absolute atomic E-state index is 0.0681. The number of para-hydroxylation sites is 1. The lowest BCUT2D eigenvalue weighted by molar-refractivity contribution is 0.0743. The highest BCUT2D eigenvalue weighted by Crippen LogP contribution is 2.30. The van der Waals surface area contributed by atoms with Gasteiger partial charge in [-0.1, -0.05) is 48.0 Å². The first-order valence-corrected chi connectivity index (χ1v) is 11.1. The van der Waals surface area contributed by atoms with Gasteiger partial charge in [0, 0.05) is 18.7 Å². The van der Waals surface area contributed by atoms with Crippen molar-refractivity contribution < 1.29 is 13.2 Å². The quantitative estimate of drug-likeness (QED) is 0.633. The molecule has 0 radical (unpaired) electrons. The number of hydrogen-bond donors (Lipinski definition) is 0. The molecule has 7 heteroatoms. The number of carbonyl (C=O) groups excluding carboxylic acids is 1. The lowest BCUT2D eigenvalue weighted by Crippen LogP contribution is -2.36. The Morgan fingerprint density at radius 1 is 1.14 bits per heavy atom. The summed E-state index contributed by atoms with van der Waals surface area (Å²) in [4.78, 5) is 14.5. The number of carbonyl (C=O) groups is 1. The van der Waals surface area contributed by atoms with Crippen molar-refractivity contribution >= 4 is 33.2 Å². The van der Waals surface area contributed by atoms with Crippen molar-refractivity contribution in [2.75, 3.05) is 23.9 Å². The molecule has 0 saturated carbocycles. The second-order valence-corrected chi connectivity index (χ2v) is 9.09. The Kier molecular flexibility index (Phi) is 6.45. The average Bonchev–Trinajstić information content (AvgIpc) is 2.72. The SMILES string of the molecule is C=CCN(c1ccccc1)S(=O)(=O)c1cc(C(=O)N2CCC(=C)CC2)ccc1Cl. The highest BCUT2D eigenvalue weighted by atomic mass is 35.5. The Morgan fingerprint density at radius 2 is 1.79 bits per heavy atom. The third-order valence-corrected chi connectivity index (χ3v) is 7.12. The van der Waals surface area contributed by atoms with Crippen molar-refractivity contribution in [2.24, 2.45) is 0 Å². The van der Waals surface area contributed by atoms with Crippen LogP contribution in [0.1, 0.15) is 23.2 Å². The Morgan fingerprint density at radius 3 is 2.41 bits per heavy atom. The molecule has 1 amide bonds. The van der Waals surface area contributed by atoms with E-state index in [-0.39, 0.29) is 22.4 Å². The van der Waals surface area contributed by atoms with Crippen molar-refractivity contribution in [3.05, 3.63) is 83.9 Å². The van der Waals surface area contributed by atoms with Gasteiger partial charge in [-0.25, -0.2) is 8.42 Å². The standard InChI is InChI=1S/C22H23ClN2O3S/c1-3-13-25(19-7-5-4-6-8-19)29(27,28)21-16-18(9-10-20(21)23)22(26)24-14-11-17(2)12-15-24/h3-10,16H,1-2,11-15H2. The zero-order valence-corrected chi connectivity index (χ0v) is 17.6. The third-order valence-electron chi connectivity index (χ3n) is 4.84. The van der Waals surface area contributed by atoms with Crippen LogP contribution in [0.5, 0.6) is 0 Å². The van der Waals surface area contributed by atoms with Crippen LogP contribution < -0.4 is 4.31 Å². The third kappa shape index (κ3) is 4.54. The molecule has 0 unspecified atom stereocenters. The maximum atomic E-state index is 13.4. The average molecular weight is 431 g/mol. The molecule has 0 bridgehead atoms. The molecule has 0 aliphatic carbocycles. The maximum Gasteiger partial charge on any atom is 0.266 e. The van der Waals surface area contributed by atoms with Gasteiger partial charge in [0.1, 0.15) is 4.90 Å². The van der Waals surface area contributed by atoms with E-state index in [0.29, 0.717) is 24.3 Å². The smallest absolute Gasteiger partial charge is 0.266 e. The summed E-state index contributed by atoms with van der Waals surface area (Å²) < 4.78 is 28.0. The van der Waals surface area contributed by atoms with Crippen LogP contribution in [-0.4, -0.2) is 38.9 Å². The topological polar surface area (TPSA) is 57.7 Å². The summed E-state index contributed by atoms with van der Waals surface area (Å²) >= 11 is 6.25. The molecule has 0 atom stereocenters. The summed E-state index contributed by atoms with van der Waals surface area (Å²) in [6.45, 7) is 8.85. The van der Waals surface area contributed by atoms with Gasteiger partial charge in [-0.2, -0.15) is 0 Å². The zero-order chi connectivity index (χ0) is 21.0. The van der Waals surface area contributed by atoms with E-state index in [2.05, 4.69) is 13.2 Å². The molecule has 0 aromatic heterocycles. The molecule has 1 fully saturated rings. The van der Waals surface area contributed by atoms with Gasteiger partial charge >= 0.3 is 0 Å². The van der Waals surface area contributed by atoms with Crippen LogP contribution >= 0.6 is 11.6 Å². The van der Waals surface area contributed by atoms with Gasteiger partial charge in [-0.15, -0.1) is 6.58 Å². The van der Waals surface area contributed by atoms with Crippen molar-refractivity contribution in [1.29, 1.82) is 0 Å². The van der Waals surface area contributed by atoms with Gasteiger partial charge in [0.05, 0.1) is 17.3 Å². The minimum atomic E-state index is -4.00. The summed E-state index contributed by atoms with van der Waals surface area (Å²) in [6, 6.07) is 13.1. The fourth-order valence-corrected chi connectivity index (χ4v) is 5.15. The van der Waals surface area contributed by atoms with E-state index >= 15 is 0 Å². The molecular formula is C22H23ClN2O3S. The Bertz CT molecular complexity index is 1030. The van der Waals surface area contributed by atoms with Crippen molar-refractivity contribution in [1.82, 2.24) is 4.90 Å². The molecule has 1 heterocycles. The predicted octanol–water partition coefficient (Wildman–Crippen LogP) is 4.51. The number of nitrogens with zero attached hydrogens (tertiary/aromatic N) is 2. The molecule has 0 spiro atoms. The summed E-state index contributed by atoms with van der Waals surface area (Å²) in [7, 11) is -4.00. The van der Waals surface area contributed by atoms with Crippen LogP contribution in [0, 0.1) is 0 Å². The fraction of sp³-hybridized carbons (Fsp3) is 0.227. The molecule has 1 aliphatic heterocycles. The fourth-order valence-electron chi connectivity index (χ4n) is 3.22. The summed E-state index contributed by atoms with van der Waals surface area (Å²) in [5.74, 6) is -0.208. The molecule has 2 aromatic carbocycles. The van der Waals surface area contributed by atoms with Crippen LogP contribution in [0.25, 0.3) is 0 Å². The Balaban J connectivity index is 1.98. The van der Waals surface area contributed by atoms with Gasteiger partial charge in [0.25, 0.3) is 15.9 Å². The minimum Gasteiger partial charge on any atom is -0.338 e. The summed E-state index contributed by atoms with van der Waals surface area (Å²) in [5, 5.41) is 0.0681. The number of piperidine rings is 1. The van der Waals surface area contributed by atoms with E-state index in [1.165, 1.54) is 22.5 Å². The van der Waals surface area contributed by atoms with Gasteiger partial charge in [0.15, 0.2) is 0 Å². The summed E-state index contributed by atoms with van der Waals surface area (Å²) in [5.41, 5.74) is 1.91. The highest BCUT2D eigenvalue weighted by molar-refractivity contribution is 7.93. The van der Waals surface area contributed by atoms with Crippen LogP contribution in [0.3, 0.4) is 0 Å². The van der Waals surface area contributed by atoms with E-state index in [1.807, 2.05) is 6.07 Å². The number of hydrogen-bond acceptors (Lipinski definition) is 3. The van der Waals surface area contributed by atoms with E-state index in [0.717, 1.165) is 18.4 Å². The van der Waals surface area contributed by atoms with Gasteiger partial charge in [0.2, 0.25) is 0 Å². The maximum absolute atomic E-state index is 13.4. The molecule has 2 aromatic rings. The molecular weight excluding hydrogens is 408 g/mol. The van der Waals surface area contributed by atoms with E-state index in [9.17, 15) is 13.2 Å². The molecule has 5 nitrogen and oxygen atoms in total. The zero-order valence-electron chi connectivity index (χ0n) is 16.1. The van der Waals surface area contributed by atoms with E-state index < -0.39 is 10.0 Å². The molecule has 152 valence electrons. The summed E-state index contributed by atoms with van der Waals surface area (Å²) in [6.07, 6.45) is 3.02. The first-order valence-electron chi connectivity index (χ1n) is 9.28. The monoisotopic (exact) mass is 430 g/mol. The van der Waals surface area contributed by atoms with Crippen LogP contribution in [0.2, 0.25) is 5.02 Å². The van der Waals surface area contributed by atoms with Crippen LogP contribution in [0.15, 0.2) is 78.2 Å². The number of benzene rings is 2. The van der Waals surface area contributed by atoms with E-state index in [4.69, 9.17) is 11.6 Å². The predicted molar refractivity (Wildman–Crippen MR) is 117 cm³/mol. The lowest BCUT2D eigenvalue weighted by Gasteiger charge is -2.28. The van der Waals surface area contributed by atoms with Gasteiger partial charge < -0.3 is 4.90 Å². The van der Waals surface area contributed by atoms with Crippen LogP contribution in [-0.2, 0) is 10.0 Å². The second-order valence-electron chi connectivity index (χ2n) is 6.85. The number of sulfonamides is 1. The van der Waals surface area contributed by atoms with Crippen LogP contribution in [0.4, 0.5) is 5.69 Å². The number of anilines is 1. The highest BCUT2D eigenvalue weighted by Gasteiger charge is 2.28. The number of rotatable bonds is 6. The molecule has 3 rings (SSSR count). The number of halogens is 1. The van der Waals surface area contributed by atoms with E-state index in [1.54, 1.807) is 35.2 Å². The van der Waals surface area contributed by atoms with Crippen molar-refractivity contribution in [2.45, 2.75) is 17.7 Å². The molecule has 29 heavy (non-hydrogen) atoms. The first-order chi connectivity index (χ1) is 13.8. The van der Waals surface area contributed by atoms with Gasteiger partial charge in [-0.05, 0) is 43.2 Å². The van der Waals surface area contributed by atoms with Crippen molar-refractivity contribution in [3.63, 3.8) is 0 Å². The second kappa shape index (κ2) is 8.84. The number of likely N-dealkylation sites (tertiary alicyclic amines) is 1. The lowest BCUT2D eigenvalue weighted by atomic mass is 10.0. The van der Waals surface area contributed by atoms with Crippen molar-refractivity contribution in [3.8, 4) is 0 Å². The Labute approximate surface area is 176 Å². The molecule has 1 saturated heterocycles. The Hall–Kier alpha value is -2.57. The molecule has 0 N–H and O–H groups in total. The van der Waals surface area contributed by atoms with Gasteiger partial charge in [-0.3, -0.25) is 9.10 Å².